The van der Waals surface area contributed by atoms with Crippen LogP contribution >= 0.6 is 34.5 Å². The van der Waals surface area contributed by atoms with E-state index in [1.807, 2.05) is 66.7 Å². The molecule has 0 aliphatic carbocycles. The number of nitrogens with zero attached hydrogens (tertiary/aromatic N) is 1. The number of nitrogens with two attached hydrogens (primary N) is 1. The Morgan fingerprint density at radius 1 is 0.951 bits per heavy atom. The highest BCUT2D eigenvalue weighted by Gasteiger charge is 2.43. The van der Waals surface area contributed by atoms with E-state index in [0.717, 1.165) is 27.1 Å². The van der Waals surface area contributed by atoms with Gasteiger partial charge in [-0.1, -0.05) is 83.9 Å². The van der Waals surface area contributed by atoms with E-state index in [9.17, 15) is 14.7 Å². The first-order valence-electron chi connectivity index (χ1n) is 13.4. The molecule has 0 radical (unpaired) electrons. The molecule has 3 N–H and O–H groups in total. The first kappa shape index (κ1) is 29.1. The third kappa shape index (κ3) is 5.86. The summed E-state index contributed by atoms with van der Waals surface area (Å²) < 4.78 is 6.25. The number of likely N-dealkylation sites (tertiary alicyclic amines) is 1. The summed E-state index contributed by atoms with van der Waals surface area (Å²) in [5.74, 6) is -0.125. The Balaban J connectivity index is 1.56. The lowest BCUT2D eigenvalue weighted by atomic mass is 9.72. The standard InChI is InChI=1S/C32H30Cl2N2O4S/c33-23-13-11-21(12-14-23)26-27(40-20-6-19-37)29(41-28(26)24-9-4-5-10-25(24)34)30(38)36-17-15-32(16-18-36,31(35)39)22-7-2-1-3-8-22/h1-5,7-14,37H,6,15-20H2,(H2,35,39). The summed E-state index contributed by atoms with van der Waals surface area (Å²) >= 11 is 14.2. The van der Waals surface area contributed by atoms with E-state index < -0.39 is 5.41 Å². The number of rotatable bonds is 9. The molecule has 1 aliphatic rings. The first-order chi connectivity index (χ1) is 19.9. The molecule has 9 heteroatoms. The van der Waals surface area contributed by atoms with Crippen molar-refractivity contribution >= 4 is 46.4 Å². The van der Waals surface area contributed by atoms with Gasteiger partial charge in [-0.2, -0.15) is 0 Å². The van der Waals surface area contributed by atoms with E-state index in [1.54, 1.807) is 17.0 Å². The summed E-state index contributed by atoms with van der Waals surface area (Å²) in [4.78, 5) is 29.9. The average molecular weight is 610 g/mol. The lowest BCUT2D eigenvalue weighted by Crippen LogP contribution is -2.51. The van der Waals surface area contributed by atoms with E-state index in [0.29, 0.717) is 53.0 Å². The molecule has 212 valence electrons. The van der Waals surface area contributed by atoms with Gasteiger partial charge in [0.15, 0.2) is 5.75 Å². The van der Waals surface area contributed by atoms with Gasteiger partial charge in [-0.15, -0.1) is 11.3 Å². The summed E-state index contributed by atoms with van der Waals surface area (Å²) in [6, 6.07) is 24.4. The van der Waals surface area contributed by atoms with E-state index in [-0.39, 0.29) is 25.0 Å². The molecule has 0 atom stereocenters. The quantitative estimate of drug-likeness (QED) is 0.204. The molecular formula is C32H30Cl2N2O4S. The SMILES string of the molecule is NC(=O)C1(c2ccccc2)CCN(C(=O)c2sc(-c3ccccc3Cl)c(-c3ccc(Cl)cc3)c2OCCCO)CC1. The summed E-state index contributed by atoms with van der Waals surface area (Å²) in [5.41, 5.74) is 8.33. The van der Waals surface area contributed by atoms with Gasteiger partial charge in [0.05, 0.1) is 12.0 Å². The van der Waals surface area contributed by atoms with Crippen molar-refractivity contribution in [1.82, 2.24) is 4.90 Å². The monoisotopic (exact) mass is 608 g/mol. The fraction of sp³-hybridized carbons (Fsp3) is 0.250. The Labute approximate surface area is 253 Å². The molecule has 1 saturated heterocycles. The fourth-order valence-corrected chi connectivity index (χ4v) is 7.00. The molecule has 3 aromatic carbocycles. The van der Waals surface area contributed by atoms with Crippen LogP contribution in [-0.2, 0) is 10.2 Å². The Morgan fingerprint density at radius 2 is 1.61 bits per heavy atom. The van der Waals surface area contributed by atoms with E-state index >= 15 is 0 Å². The Morgan fingerprint density at radius 3 is 2.24 bits per heavy atom. The largest absolute Gasteiger partial charge is 0.491 e. The zero-order valence-corrected chi connectivity index (χ0v) is 24.6. The average Bonchev–Trinajstić information content (AvgIpc) is 3.37. The van der Waals surface area contributed by atoms with Gasteiger partial charge in [0, 0.05) is 52.2 Å². The molecule has 0 spiro atoms. The van der Waals surface area contributed by atoms with Crippen molar-refractivity contribution in [3.8, 4) is 27.3 Å². The first-order valence-corrected chi connectivity index (χ1v) is 15.0. The predicted molar refractivity (Wildman–Crippen MR) is 165 cm³/mol. The molecule has 1 aromatic heterocycles. The van der Waals surface area contributed by atoms with Crippen molar-refractivity contribution in [2.75, 3.05) is 26.3 Å². The van der Waals surface area contributed by atoms with Crippen LogP contribution in [0.15, 0.2) is 78.9 Å². The molecule has 41 heavy (non-hydrogen) atoms. The molecule has 6 nitrogen and oxygen atoms in total. The number of aliphatic hydroxyl groups is 1. The van der Waals surface area contributed by atoms with E-state index in [4.69, 9.17) is 33.7 Å². The maximum absolute atomic E-state index is 14.2. The molecule has 5 rings (SSSR count). The number of aliphatic hydroxyl groups excluding tert-OH is 1. The number of hydrogen-bond acceptors (Lipinski definition) is 5. The van der Waals surface area contributed by atoms with Crippen LogP contribution in [0.1, 0.15) is 34.5 Å². The second kappa shape index (κ2) is 12.7. The van der Waals surface area contributed by atoms with Crippen LogP contribution in [0.25, 0.3) is 21.6 Å². The summed E-state index contributed by atoms with van der Waals surface area (Å²) in [6.45, 7) is 0.918. The number of hydrogen-bond donors (Lipinski definition) is 2. The van der Waals surface area contributed by atoms with Gasteiger partial charge in [0.25, 0.3) is 5.91 Å². The molecule has 2 amide bonds. The van der Waals surface area contributed by atoms with Crippen LogP contribution < -0.4 is 10.5 Å². The molecule has 4 aromatic rings. The van der Waals surface area contributed by atoms with Gasteiger partial charge >= 0.3 is 0 Å². The van der Waals surface area contributed by atoms with Gasteiger partial charge in [0.2, 0.25) is 5.91 Å². The lowest BCUT2D eigenvalue weighted by molar-refractivity contribution is -0.125. The predicted octanol–water partition coefficient (Wildman–Crippen LogP) is 6.81. The molecule has 1 aliphatic heterocycles. The molecule has 0 bridgehead atoms. The van der Waals surface area contributed by atoms with Crippen molar-refractivity contribution < 1.29 is 19.4 Å². The smallest absolute Gasteiger partial charge is 0.267 e. The minimum atomic E-state index is -0.828. The van der Waals surface area contributed by atoms with Crippen molar-refractivity contribution in [2.24, 2.45) is 5.73 Å². The maximum atomic E-state index is 14.2. The van der Waals surface area contributed by atoms with Gasteiger partial charge in [-0.3, -0.25) is 9.59 Å². The summed E-state index contributed by atoms with van der Waals surface area (Å²) in [5, 5.41) is 10.6. The highest BCUT2D eigenvalue weighted by Crippen LogP contribution is 2.50. The number of piperidine rings is 1. The number of halogens is 2. The number of carbonyl (C=O) groups excluding carboxylic acids is 2. The number of primary amides is 1. The molecule has 1 fully saturated rings. The number of amides is 2. The zero-order chi connectivity index (χ0) is 29.0. The minimum Gasteiger partial charge on any atom is -0.491 e. The molecule has 0 unspecified atom stereocenters. The third-order valence-corrected chi connectivity index (χ3v) is 9.34. The normalized spacial score (nSPS) is 14.6. The number of thiophene rings is 1. The number of ether oxygens (including phenoxy) is 1. The van der Waals surface area contributed by atoms with Crippen molar-refractivity contribution in [1.29, 1.82) is 0 Å². The highest BCUT2D eigenvalue weighted by atomic mass is 35.5. The van der Waals surface area contributed by atoms with Gasteiger partial charge in [-0.05, 0) is 42.2 Å². The minimum absolute atomic E-state index is 0.0398. The third-order valence-electron chi connectivity index (χ3n) is 7.56. The van der Waals surface area contributed by atoms with Crippen LogP contribution in [0.5, 0.6) is 5.75 Å². The Bertz CT molecular complexity index is 1530. The summed E-state index contributed by atoms with van der Waals surface area (Å²) in [6.07, 6.45) is 1.25. The lowest BCUT2D eigenvalue weighted by Gasteiger charge is -2.40. The van der Waals surface area contributed by atoms with Gasteiger partial charge in [-0.25, -0.2) is 0 Å². The van der Waals surface area contributed by atoms with E-state index in [1.165, 1.54) is 11.3 Å². The maximum Gasteiger partial charge on any atom is 0.267 e. The van der Waals surface area contributed by atoms with Crippen molar-refractivity contribution in [2.45, 2.75) is 24.7 Å². The van der Waals surface area contributed by atoms with Gasteiger partial charge < -0.3 is 20.5 Å². The number of benzene rings is 3. The Hall–Kier alpha value is -3.36. The van der Waals surface area contributed by atoms with Crippen LogP contribution in [-0.4, -0.2) is 48.1 Å². The van der Waals surface area contributed by atoms with Crippen LogP contribution in [0.3, 0.4) is 0 Å². The second-order valence-corrected chi connectivity index (χ2v) is 11.8. The summed E-state index contributed by atoms with van der Waals surface area (Å²) in [7, 11) is 0. The highest BCUT2D eigenvalue weighted by molar-refractivity contribution is 7.18. The van der Waals surface area contributed by atoms with Crippen LogP contribution in [0.4, 0.5) is 0 Å². The van der Waals surface area contributed by atoms with Crippen molar-refractivity contribution in [3.05, 3.63) is 99.3 Å². The van der Waals surface area contributed by atoms with Gasteiger partial charge in [0.1, 0.15) is 4.88 Å². The van der Waals surface area contributed by atoms with E-state index in [2.05, 4.69) is 0 Å². The fourth-order valence-electron chi connectivity index (χ4n) is 5.32. The topological polar surface area (TPSA) is 92.9 Å². The number of carbonyl (C=O) groups is 2. The molecular weight excluding hydrogens is 579 g/mol. The van der Waals surface area contributed by atoms with Crippen molar-refractivity contribution in [3.63, 3.8) is 0 Å². The molecule has 0 saturated carbocycles. The zero-order valence-electron chi connectivity index (χ0n) is 22.3. The Kier molecular flexibility index (Phi) is 9.00. The second-order valence-electron chi connectivity index (χ2n) is 9.98. The molecule has 2 heterocycles. The van der Waals surface area contributed by atoms with Crippen LogP contribution in [0.2, 0.25) is 10.0 Å². The van der Waals surface area contributed by atoms with Crippen LogP contribution in [0, 0.1) is 0 Å².